The number of hydrogen-bond donors (Lipinski definition) is 0. The minimum absolute atomic E-state index is 0.304. The van der Waals surface area contributed by atoms with E-state index in [-0.39, 0.29) is 0 Å². The van der Waals surface area contributed by atoms with E-state index in [4.69, 9.17) is 0 Å². The molecule has 0 aromatic rings. The molecule has 0 radical (unpaired) electrons. The second-order valence-electron chi connectivity index (χ2n) is 4.79. The van der Waals surface area contributed by atoms with Crippen LogP contribution in [0.3, 0.4) is 0 Å². The Hall–Kier alpha value is -0.660. The van der Waals surface area contributed by atoms with Gasteiger partial charge in [0.25, 0.3) is 0 Å². The molecule has 0 aliphatic carbocycles. The topological polar surface area (TPSA) is 34.1 Å². The lowest BCUT2D eigenvalue weighted by Crippen LogP contribution is -1.93. The van der Waals surface area contributed by atoms with Gasteiger partial charge in [-0.15, -0.1) is 0 Å². The van der Waals surface area contributed by atoms with Gasteiger partial charge in [0.2, 0.25) is 0 Å². The monoisotopic (exact) mass is 228 g/mol. The summed E-state index contributed by atoms with van der Waals surface area (Å²) in [5.74, 6) is 1.29. The summed E-state index contributed by atoms with van der Waals surface area (Å²) < 4.78 is 0. The Morgan fingerprint density at radius 1 is 0.938 bits per heavy atom. The molecule has 16 heavy (non-hydrogen) atoms. The molecular weight excluding hydrogens is 200 g/mol. The first kappa shape index (κ1) is 17.7. The molecular formula is C14H28O2. The molecule has 0 spiro atoms. The fourth-order valence-electron chi connectivity index (χ4n) is 1.12. The lowest BCUT2D eigenvalue weighted by atomic mass is 10.1. The lowest BCUT2D eigenvalue weighted by Gasteiger charge is -1.98. The standard InChI is InChI=1S/2C7H14O/c1-6(2)4-5-7(3)8;1-3-4-5-6-7(2)8/h6H,4-5H2,1-3H3;3-6H2,1-2H3. The first-order chi connectivity index (χ1) is 7.40. The number of carbonyl (C=O) groups is 2. The highest BCUT2D eigenvalue weighted by molar-refractivity contribution is 5.75. The Labute approximate surface area is 101 Å². The predicted octanol–water partition coefficient (Wildman–Crippen LogP) is 4.17. The van der Waals surface area contributed by atoms with Gasteiger partial charge < -0.3 is 9.59 Å². The Morgan fingerprint density at radius 3 is 1.69 bits per heavy atom. The first-order valence-corrected chi connectivity index (χ1v) is 6.39. The van der Waals surface area contributed by atoms with Crippen LogP contribution in [0.5, 0.6) is 0 Å². The van der Waals surface area contributed by atoms with Crippen molar-refractivity contribution >= 4 is 11.6 Å². The second-order valence-corrected chi connectivity index (χ2v) is 4.79. The van der Waals surface area contributed by atoms with Crippen molar-refractivity contribution < 1.29 is 9.59 Å². The summed E-state index contributed by atoms with van der Waals surface area (Å²) in [6.45, 7) is 9.68. The Bertz CT molecular complexity index is 183. The summed E-state index contributed by atoms with van der Waals surface area (Å²) in [7, 11) is 0. The van der Waals surface area contributed by atoms with Crippen LogP contribution in [-0.4, -0.2) is 11.6 Å². The van der Waals surface area contributed by atoms with Gasteiger partial charge in [0.1, 0.15) is 11.6 Å². The largest absolute Gasteiger partial charge is 0.300 e. The Morgan fingerprint density at radius 2 is 1.44 bits per heavy atom. The third-order valence-electron chi connectivity index (χ3n) is 2.21. The van der Waals surface area contributed by atoms with Crippen LogP contribution in [-0.2, 0) is 9.59 Å². The van der Waals surface area contributed by atoms with Gasteiger partial charge in [-0.05, 0) is 32.6 Å². The van der Waals surface area contributed by atoms with E-state index < -0.39 is 0 Å². The smallest absolute Gasteiger partial charge is 0.129 e. The molecule has 0 heterocycles. The van der Waals surface area contributed by atoms with Crippen LogP contribution in [0.4, 0.5) is 0 Å². The SMILES string of the molecule is CC(=O)CCC(C)C.CCCCCC(C)=O. The van der Waals surface area contributed by atoms with Crippen molar-refractivity contribution in [1.29, 1.82) is 0 Å². The van der Waals surface area contributed by atoms with Crippen molar-refractivity contribution in [3.05, 3.63) is 0 Å². The molecule has 0 saturated carbocycles. The fourth-order valence-corrected chi connectivity index (χ4v) is 1.12. The average Bonchev–Trinajstić information content (AvgIpc) is 2.16. The highest BCUT2D eigenvalue weighted by atomic mass is 16.1. The minimum Gasteiger partial charge on any atom is -0.300 e. The van der Waals surface area contributed by atoms with Crippen LogP contribution >= 0.6 is 0 Å². The molecule has 0 bridgehead atoms. The highest BCUT2D eigenvalue weighted by Gasteiger charge is 1.95. The minimum atomic E-state index is 0.304. The van der Waals surface area contributed by atoms with Crippen LogP contribution < -0.4 is 0 Å². The van der Waals surface area contributed by atoms with E-state index in [1.165, 1.54) is 12.8 Å². The molecule has 0 amide bonds. The van der Waals surface area contributed by atoms with E-state index in [1.54, 1.807) is 13.8 Å². The summed E-state index contributed by atoms with van der Waals surface area (Å²) in [4.78, 5) is 20.7. The number of unbranched alkanes of at least 4 members (excludes halogenated alkanes) is 2. The highest BCUT2D eigenvalue weighted by Crippen LogP contribution is 2.02. The summed E-state index contributed by atoms with van der Waals surface area (Å²) >= 11 is 0. The molecule has 0 aromatic carbocycles. The maximum Gasteiger partial charge on any atom is 0.129 e. The Kier molecular flexibility index (Phi) is 13.7. The number of Topliss-reactive ketones (excluding diaryl/α,β-unsaturated/α-hetero) is 2. The van der Waals surface area contributed by atoms with E-state index in [0.717, 1.165) is 25.7 Å². The van der Waals surface area contributed by atoms with Crippen molar-refractivity contribution in [2.24, 2.45) is 5.92 Å². The maximum absolute atomic E-state index is 10.3. The molecule has 0 aliphatic heterocycles. The van der Waals surface area contributed by atoms with E-state index in [2.05, 4.69) is 20.8 Å². The molecule has 0 atom stereocenters. The van der Waals surface area contributed by atoms with Gasteiger partial charge >= 0.3 is 0 Å². The molecule has 0 aliphatic rings. The number of rotatable bonds is 7. The molecule has 0 unspecified atom stereocenters. The van der Waals surface area contributed by atoms with E-state index in [9.17, 15) is 9.59 Å². The first-order valence-electron chi connectivity index (χ1n) is 6.39. The molecule has 2 heteroatoms. The summed E-state index contributed by atoms with van der Waals surface area (Å²) in [5, 5.41) is 0. The number of ketones is 2. The molecule has 0 saturated heterocycles. The Balaban J connectivity index is 0. The van der Waals surface area contributed by atoms with Crippen molar-refractivity contribution in [2.45, 2.75) is 73.1 Å². The maximum atomic E-state index is 10.3. The molecule has 0 fully saturated rings. The molecule has 2 nitrogen and oxygen atoms in total. The second kappa shape index (κ2) is 12.4. The zero-order valence-electron chi connectivity index (χ0n) is 11.6. The van der Waals surface area contributed by atoms with Gasteiger partial charge in [-0.1, -0.05) is 33.6 Å². The van der Waals surface area contributed by atoms with Gasteiger partial charge in [-0.3, -0.25) is 0 Å². The van der Waals surface area contributed by atoms with Gasteiger partial charge in [-0.2, -0.15) is 0 Å². The molecule has 0 rings (SSSR count). The fraction of sp³-hybridized carbons (Fsp3) is 0.857. The van der Waals surface area contributed by atoms with Crippen LogP contribution in [0.15, 0.2) is 0 Å². The van der Waals surface area contributed by atoms with Gasteiger partial charge in [0.05, 0.1) is 0 Å². The van der Waals surface area contributed by atoms with E-state index >= 15 is 0 Å². The zero-order valence-corrected chi connectivity index (χ0v) is 11.6. The van der Waals surface area contributed by atoms with Gasteiger partial charge in [0.15, 0.2) is 0 Å². The van der Waals surface area contributed by atoms with Gasteiger partial charge in [-0.25, -0.2) is 0 Å². The third-order valence-corrected chi connectivity index (χ3v) is 2.21. The number of carbonyl (C=O) groups excluding carboxylic acids is 2. The summed E-state index contributed by atoms with van der Waals surface area (Å²) in [6, 6.07) is 0. The van der Waals surface area contributed by atoms with Crippen molar-refractivity contribution in [1.82, 2.24) is 0 Å². The molecule has 96 valence electrons. The van der Waals surface area contributed by atoms with E-state index in [1.807, 2.05) is 0 Å². The van der Waals surface area contributed by atoms with Crippen LogP contribution in [0.1, 0.15) is 73.1 Å². The van der Waals surface area contributed by atoms with Crippen LogP contribution in [0, 0.1) is 5.92 Å². The molecule has 0 N–H and O–H groups in total. The van der Waals surface area contributed by atoms with Crippen molar-refractivity contribution in [3.8, 4) is 0 Å². The van der Waals surface area contributed by atoms with Crippen molar-refractivity contribution in [3.63, 3.8) is 0 Å². The zero-order chi connectivity index (χ0) is 13.0. The van der Waals surface area contributed by atoms with E-state index in [0.29, 0.717) is 17.5 Å². The number of hydrogen-bond acceptors (Lipinski definition) is 2. The van der Waals surface area contributed by atoms with Crippen LogP contribution in [0.2, 0.25) is 0 Å². The normalized spacial score (nSPS) is 9.62. The third kappa shape index (κ3) is 23.3. The van der Waals surface area contributed by atoms with Crippen LogP contribution in [0.25, 0.3) is 0 Å². The van der Waals surface area contributed by atoms with Crippen molar-refractivity contribution in [2.75, 3.05) is 0 Å². The predicted molar refractivity (Wildman–Crippen MR) is 69.6 cm³/mol. The summed E-state index contributed by atoms with van der Waals surface area (Å²) in [5.41, 5.74) is 0. The van der Waals surface area contributed by atoms with Gasteiger partial charge in [0, 0.05) is 12.8 Å². The summed E-state index contributed by atoms with van der Waals surface area (Å²) in [6.07, 6.45) is 6.03. The molecule has 0 aromatic heterocycles. The quantitative estimate of drug-likeness (QED) is 0.613. The average molecular weight is 228 g/mol. The lowest BCUT2D eigenvalue weighted by molar-refractivity contribution is -0.118.